The van der Waals surface area contributed by atoms with Crippen LogP contribution in [0.15, 0.2) is 30.3 Å². The topological polar surface area (TPSA) is 55.3 Å². The van der Waals surface area contributed by atoms with Gasteiger partial charge >= 0.3 is 0 Å². The van der Waals surface area contributed by atoms with Crippen LogP contribution in [0.5, 0.6) is 0 Å². The van der Waals surface area contributed by atoms with Gasteiger partial charge in [0.1, 0.15) is 12.1 Å². The molecule has 0 amide bonds. The number of hydrogen-bond donors (Lipinski definition) is 1. The number of quaternary nitrogens is 1. The van der Waals surface area contributed by atoms with Crippen molar-refractivity contribution in [3.63, 3.8) is 0 Å². The summed E-state index contributed by atoms with van der Waals surface area (Å²) in [4.78, 5) is 0. The van der Waals surface area contributed by atoms with Crippen molar-refractivity contribution in [1.82, 2.24) is 0 Å². The highest BCUT2D eigenvalue weighted by atomic mass is 16.8. The van der Waals surface area contributed by atoms with Gasteiger partial charge in [0.25, 0.3) is 0 Å². The molecule has 2 fully saturated rings. The Labute approximate surface area is 120 Å². The molecule has 0 radical (unpaired) electrons. The first-order chi connectivity index (χ1) is 9.55. The first kappa shape index (κ1) is 14.0. The molecule has 1 aliphatic heterocycles. The van der Waals surface area contributed by atoms with Crippen molar-refractivity contribution < 1.29 is 19.9 Å². The Morgan fingerprint density at radius 1 is 1.20 bits per heavy atom. The van der Waals surface area contributed by atoms with E-state index in [2.05, 4.69) is 17.9 Å². The molecule has 0 aromatic heterocycles. The fourth-order valence-corrected chi connectivity index (χ4v) is 3.27. The number of rotatable bonds is 4. The number of fused-ring (bicyclic) bond motifs is 1. The molecule has 3 N–H and O–H groups in total. The fraction of sp³-hybridized carbons (Fsp3) is 0.625. The molecule has 4 atom stereocenters. The lowest BCUT2D eigenvalue weighted by molar-refractivity contribution is -0.436. The summed E-state index contributed by atoms with van der Waals surface area (Å²) in [5, 5.41) is 0. The van der Waals surface area contributed by atoms with Crippen LogP contribution in [0.1, 0.15) is 25.8 Å². The first-order valence-corrected chi connectivity index (χ1v) is 7.35. The van der Waals surface area contributed by atoms with Crippen LogP contribution in [-0.2, 0) is 20.8 Å². The van der Waals surface area contributed by atoms with Gasteiger partial charge in [-0.15, -0.1) is 0 Å². The third kappa shape index (κ3) is 2.88. The van der Waals surface area contributed by atoms with Crippen molar-refractivity contribution in [2.75, 3.05) is 6.61 Å². The van der Waals surface area contributed by atoms with Crippen molar-refractivity contribution in [3.05, 3.63) is 35.9 Å². The maximum atomic E-state index is 6.02. The van der Waals surface area contributed by atoms with Crippen LogP contribution < -0.4 is 5.73 Å². The minimum atomic E-state index is -0.483. The van der Waals surface area contributed by atoms with E-state index in [0.29, 0.717) is 25.2 Å². The zero-order valence-electron chi connectivity index (χ0n) is 12.2. The highest BCUT2D eigenvalue weighted by Gasteiger charge is 2.54. The molecule has 4 heteroatoms. The van der Waals surface area contributed by atoms with Crippen LogP contribution in [0.3, 0.4) is 0 Å². The highest BCUT2D eigenvalue weighted by molar-refractivity contribution is 5.13. The Morgan fingerprint density at radius 2 is 1.90 bits per heavy atom. The predicted octanol–water partition coefficient (Wildman–Crippen LogP) is 1.35. The first-order valence-electron chi connectivity index (χ1n) is 7.35. The molecule has 1 saturated heterocycles. The highest BCUT2D eigenvalue weighted by Crippen LogP contribution is 2.40. The predicted molar refractivity (Wildman–Crippen MR) is 74.7 cm³/mol. The van der Waals surface area contributed by atoms with Crippen molar-refractivity contribution in [2.45, 2.75) is 50.9 Å². The zero-order valence-corrected chi connectivity index (χ0v) is 12.2. The maximum Gasteiger partial charge on any atom is 0.164 e. The van der Waals surface area contributed by atoms with Crippen LogP contribution in [-0.4, -0.2) is 30.6 Å². The second-order valence-corrected chi connectivity index (χ2v) is 6.32. The van der Waals surface area contributed by atoms with Crippen molar-refractivity contribution in [2.24, 2.45) is 5.92 Å². The Morgan fingerprint density at radius 3 is 2.65 bits per heavy atom. The summed E-state index contributed by atoms with van der Waals surface area (Å²) < 4.78 is 17.8. The molecule has 4 nitrogen and oxygen atoms in total. The molecule has 1 aromatic rings. The molecule has 1 aromatic carbocycles. The summed E-state index contributed by atoms with van der Waals surface area (Å²) in [6, 6.07) is 10.6. The molecular weight excluding hydrogens is 254 g/mol. The maximum absolute atomic E-state index is 6.02. The second kappa shape index (κ2) is 5.45. The van der Waals surface area contributed by atoms with Gasteiger partial charge in [0.05, 0.1) is 19.3 Å². The van der Waals surface area contributed by atoms with Crippen molar-refractivity contribution >= 4 is 0 Å². The zero-order chi connectivity index (χ0) is 14.2. The lowest BCUT2D eigenvalue weighted by Crippen LogP contribution is -2.65. The number of benzene rings is 1. The third-order valence-corrected chi connectivity index (χ3v) is 4.14. The van der Waals surface area contributed by atoms with E-state index in [0.717, 1.165) is 6.42 Å². The van der Waals surface area contributed by atoms with E-state index in [-0.39, 0.29) is 12.2 Å². The van der Waals surface area contributed by atoms with Crippen LogP contribution in [0.4, 0.5) is 0 Å². The van der Waals surface area contributed by atoms with E-state index < -0.39 is 5.79 Å². The average Bonchev–Trinajstić information content (AvgIpc) is 2.87. The lowest BCUT2D eigenvalue weighted by Gasteiger charge is -2.21. The molecule has 20 heavy (non-hydrogen) atoms. The van der Waals surface area contributed by atoms with Gasteiger partial charge in [-0.25, -0.2) is 0 Å². The van der Waals surface area contributed by atoms with E-state index in [1.54, 1.807) is 0 Å². The minimum Gasteiger partial charge on any atom is -0.376 e. The Balaban J connectivity index is 1.53. The van der Waals surface area contributed by atoms with Crippen LogP contribution in [0.25, 0.3) is 0 Å². The van der Waals surface area contributed by atoms with E-state index in [1.165, 1.54) is 5.56 Å². The van der Waals surface area contributed by atoms with Crippen LogP contribution in [0, 0.1) is 5.92 Å². The molecule has 3 rings (SSSR count). The monoisotopic (exact) mass is 278 g/mol. The molecule has 0 spiro atoms. The Bertz CT molecular complexity index is 448. The van der Waals surface area contributed by atoms with Crippen molar-refractivity contribution in [3.8, 4) is 0 Å². The van der Waals surface area contributed by atoms with E-state index in [1.807, 2.05) is 32.0 Å². The van der Waals surface area contributed by atoms with Gasteiger partial charge in [-0.2, -0.15) is 0 Å². The molecular formula is C16H24NO3+. The Kier molecular flexibility index (Phi) is 3.82. The largest absolute Gasteiger partial charge is 0.376 e. The van der Waals surface area contributed by atoms with Gasteiger partial charge in [-0.05, 0) is 19.4 Å². The van der Waals surface area contributed by atoms with Gasteiger partial charge in [0.15, 0.2) is 5.79 Å². The summed E-state index contributed by atoms with van der Waals surface area (Å²) in [6.07, 6.45) is 1.26. The molecule has 0 bridgehead atoms. The van der Waals surface area contributed by atoms with Crippen LogP contribution >= 0.6 is 0 Å². The quantitative estimate of drug-likeness (QED) is 0.904. The number of hydrogen-bond acceptors (Lipinski definition) is 3. The summed E-state index contributed by atoms with van der Waals surface area (Å²) >= 11 is 0. The van der Waals surface area contributed by atoms with Crippen LogP contribution in [0.2, 0.25) is 0 Å². The molecule has 1 heterocycles. The molecule has 110 valence electrons. The minimum absolute atomic E-state index is 0.121. The summed E-state index contributed by atoms with van der Waals surface area (Å²) in [5.74, 6) is -0.100. The molecule has 1 aliphatic carbocycles. The third-order valence-electron chi connectivity index (χ3n) is 4.14. The van der Waals surface area contributed by atoms with E-state index in [9.17, 15) is 0 Å². The fourth-order valence-electron chi connectivity index (χ4n) is 3.27. The average molecular weight is 278 g/mol. The van der Waals surface area contributed by atoms with E-state index in [4.69, 9.17) is 14.2 Å². The van der Waals surface area contributed by atoms with Gasteiger partial charge in [0, 0.05) is 12.3 Å². The van der Waals surface area contributed by atoms with Gasteiger partial charge in [-0.3, -0.25) is 0 Å². The van der Waals surface area contributed by atoms with Gasteiger partial charge in [0.2, 0.25) is 0 Å². The van der Waals surface area contributed by atoms with E-state index >= 15 is 0 Å². The summed E-state index contributed by atoms with van der Waals surface area (Å²) in [6.45, 7) is 5.31. The summed E-state index contributed by atoms with van der Waals surface area (Å²) in [7, 11) is 0. The second-order valence-electron chi connectivity index (χ2n) is 6.32. The standard InChI is InChI=1S/C16H23NO3/c1-16(2)19-14-12(8-13(17)15(14)20-16)10-18-9-11-6-4-3-5-7-11/h3-7,12-15H,8-10,17H2,1-2H3/p+1/t12-,13-,14-,15+/m1/s1. The number of ether oxygens (including phenoxy) is 3. The molecule has 1 saturated carbocycles. The lowest BCUT2D eigenvalue weighted by atomic mass is 10.1. The SMILES string of the molecule is CC1(C)O[C@@H]2[C@@H](COCc3ccccc3)C[C@@H]([NH3+])[C@@H]2O1. The smallest absolute Gasteiger partial charge is 0.164 e. The molecule has 0 unspecified atom stereocenters. The summed E-state index contributed by atoms with van der Waals surface area (Å²) in [5.41, 5.74) is 5.41. The van der Waals surface area contributed by atoms with Gasteiger partial charge in [-0.1, -0.05) is 30.3 Å². The van der Waals surface area contributed by atoms with Crippen molar-refractivity contribution in [1.29, 1.82) is 0 Å². The Hall–Kier alpha value is -0.940. The normalized spacial score (nSPS) is 35.1. The molecule has 2 aliphatic rings. The van der Waals surface area contributed by atoms with Gasteiger partial charge < -0.3 is 19.9 Å².